The molecule has 2 heterocycles. The summed E-state index contributed by atoms with van der Waals surface area (Å²) in [5.41, 5.74) is 0.463. The zero-order valence-electron chi connectivity index (χ0n) is 10.5. The van der Waals surface area contributed by atoms with Crippen LogP contribution in [-0.4, -0.2) is 31.9 Å². The van der Waals surface area contributed by atoms with E-state index in [-0.39, 0.29) is 17.1 Å². The first kappa shape index (κ1) is 12.6. The monoisotopic (exact) mass is 286 g/mol. The van der Waals surface area contributed by atoms with Gasteiger partial charge in [0.25, 0.3) is 11.5 Å². The minimum Gasteiger partial charge on any atom is -0.312 e. The van der Waals surface area contributed by atoms with Gasteiger partial charge in [-0.1, -0.05) is 18.2 Å². The number of H-pyrrole nitrogens is 1. The van der Waals surface area contributed by atoms with E-state index in [1.807, 2.05) is 6.07 Å². The Balaban J connectivity index is 2.25. The molecule has 0 unspecified atom stereocenters. The highest BCUT2D eigenvalue weighted by Crippen LogP contribution is 2.21. The van der Waals surface area contributed by atoms with Gasteiger partial charge in [-0.3, -0.25) is 9.59 Å². The smallest absolute Gasteiger partial charge is 0.280 e. The van der Waals surface area contributed by atoms with Crippen molar-refractivity contribution in [3.05, 3.63) is 52.6 Å². The van der Waals surface area contributed by atoms with E-state index in [1.165, 1.54) is 22.8 Å². The van der Waals surface area contributed by atoms with Gasteiger partial charge in [-0.2, -0.15) is 9.78 Å². The molecule has 1 N–H and O–H groups in total. The Morgan fingerprint density at radius 1 is 1.30 bits per heavy atom. The van der Waals surface area contributed by atoms with Gasteiger partial charge in [0.05, 0.1) is 6.33 Å². The van der Waals surface area contributed by atoms with Crippen LogP contribution >= 0.6 is 11.8 Å². The predicted molar refractivity (Wildman–Crippen MR) is 76.1 cm³/mol. The van der Waals surface area contributed by atoms with Crippen molar-refractivity contribution in [1.29, 1.82) is 0 Å². The predicted octanol–water partition coefficient (Wildman–Crippen LogP) is 1.53. The highest BCUT2D eigenvalue weighted by molar-refractivity contribution is 7.98. The number of aromatic amines is 1. The number of nitrogens with zero attached hydrogens (tertiary/aromatic N) is 3. The summed E-state index contributed by atoms with van der Waals surface area (Å²) in [6.45, 7) is 0. The van der Waals surface area contributed by atoms with Crippen LogP contribution in [0.1, 0.15) is 10.4 Å². The highest BCUT2D eigenvalue weighted by atomic mass is 32.2. The van der Waals surface area contributed by atoms with Crippen molar-refractivity contribution in [3.8, 4) is 0 Å². The van der Waals surface area contributed by atoms with Crippen molar-refractivity contribution in [2.75, 3.05) is 6.26 Å². The van der Waals surface area contributed by atoms with E-state index in [1.54, 1.807) is 30.5 Å². The third kappa shape index (κ3) is 1.92. The Morgan fingerprint density at radius 3 is 2.75 bits per heavy atom. The van der Waals surface area contributed by atoms with E-state index >= 15 is 0 Å². The average Bonchev–Trinajstić information content (AvgIpc) is 2.87. The van der Waals surface area contributed by atoms with Crippen molar-refractivity contribution < 1.29 is 4.79 Å². The number of hydrogen-bond donors (Lipinski definition) is 1. The van der Waals surface area contributed by atoms with Crippen molar-refractivity contribution in [2.24, 2.45) is 0 Å². The van der Waals surface area contributed by atoms with E-state index in [0.717, 1.165) is 0 Å². The number of carbonyl (C=O) groups excluding carboxylic acids is 1. The summed E-state index contributed by atoms with van der Waals surface area (Å²) in [7, 11) is 0. The molecule has 0 atom stereocenters. The molecule has 3 rings (SSSR count). The lowest BCUT2D eigenvalue weighted by molar-refractivity contribution is 0.0948. The van der Waals surface area contributed by atoms with Gasteiger partial charge < -0.3 is 4.98 Å². The molecule has 3 aromatic rings. The van der Waals surface area contributed by atoms with Crippen molar-refractivity contribution in [1.82, 2.24) is 19.7 Å². The molecule has 20 heavy (non-hydrogen) atoms. The molecule has 0 aliphatic heterocycles. The summed E-state index contributed by atoms with van der Waals surface area (Å²) in [6.07, 6.45) is 3.07. The minimum absolute atomic E-state index is 0.270. The molecule has 2 aromatic heterocycles. The fourth-order valence-electron chi connectivity index (χ4n) is 1.92. The average molecular weight is 286 g/mol. The number of benzene rings is 1. The molecular weight excluding hydrogens is 276 g/mol. The second-order valence-corrected chi connectivity index (χ2v) is 4.82. The first-order valence-electron chi connectivity index (χ1n) is 5.82. The number of hydrogen-bond acceptors (Lipinski definition) is 5. The molecule has 0 spiro atoms. The number of aromatic nitrogens is 4. The molecule has 0 aliphatic carbocycles. The summed E-state index contributed by atoms with van der Waals surface area (Å²) in [4.78, 5) is 30.9. The maximum Gasteiger partial charge on any atom is 0.280 e. The first-order chi connectivity index (χ1) is 9.72. The Hall–Kier alpha value is -2.41. The lowest BCUT2D eigenvalue weighted by Gasteiger charge is -2.00. The van der Waals surface area contributed by atoms with Crippen LogP contribution in [-0.2, 0) is 0 Å². The first-order valence-corrected chi connectivity index (χ1v) is 7.05. The van der Waals surface area contributed by atoms with Crippen molar-refractivity contribution >= 4 is 28.7 Å². The van der Waals surface area contributed by atoms with Crippen LogP contribution in [0.2, 0.25) is 0 Å². The molecule has 7 heteroatoms. The quantitative estimate of drug-likeness (QED) is 0.723. The van der Waals surface area contributed by atoms with Gasteiger partial charge in [0.15, 0.2) is 5.65 Å². The number of carbonyl (C=O) groups is 1. The van der Waals surface area contributed by atoms with Crippen LogP contribution in [0.3, 0.4) is 0 Å². The molecule has 6 nitrogen and oxygen atoms in total. The summed E-state index contributed by atoms with van der Waals surface area (Å²) in [6, 6.07) is 8.76. The van der Waals surface area contributed by atoms with Crippen LogP contribution in [0, 0.1) is 0 Å². The fourth-order valence-corrected chi connectivity index (χ4v) is 2.47. The zero-order chi connectivity index (χ0) is 14.1. The van der Waals surface area contributed by atoms with Gasteiger partial charge in [0.1, 0.15) is 10.4 Å². The van der Waals surface area contributed by atoms with Crippen LogP contribution in [0.5, 0.6) is 0 Å². The fraction of sp³-hybridized carbons (Fsp3) is 0.0769. The maximum atomic E-state index is 12.4. The zero-order valence-corrected chi connectivity index (χ0v) is 11.3. The van der Waals surface area contributed by atoms with E-state index in [0.29, 0.717) is 16.0 Å². The van der Waals surface area contributed by atoms with Crippen LogP contribution in [0.4, 0.5) is 0 Å². The van der Waals surface area contributed by atoms with Gasteiger partial charge in [-0.05, 0) is 18.4 Å². The van der Waals surface area contributed by atoms with Gasteiger partial charge in [-0.25, -0.2) is 4.98 Å². The molecular formula is C13H10N4O2S. The maximum absolute atomic E-state index is 12.4. The Morgan fingerprint density at radius 2 is 2.05 bits per heavy atom. The second-order valence-electron chi connectivity index (χ2n) is 4.02. The molecule has 0 bridgehead atoms. The summed E-state index contributed by atoms with van der Waals surface area (Å²) < 4.78 is 1.17. The third-order valence-electron chi connectivity index (χ3n) is 2.84. The van der Waals surface area contributed by atoms with E-state index in [4.69, 9.17) is 0 Å². The molecule has 0 amide bonds. The van der Waals surface area contributed by atoms with Gasteiger partial charge in [-0.15, -0.1) is 11.8 Å². The Bertz CT molecular complexity index is 838. The van der Waals surface area contributed by atoms with Crippen LogP contribution in [0.15, 0.2) is 46.5 Å². The molecule has 0 aliphatic rings. The van der Waals surface area contributed by atoms with Crippen molar-refractivity contribution in [3.63, 3.8) is 0 Å². The van der Waals surface area contributed by atoms with E-state index in [2.05, 4.69) is 15.1 Å². The van der Waals surface area contributed by atoms with Gasteiger partial charge in [0.2, 0.25) is 0 Å². The Kier molecular flexibility index (Phi) is 3.11. The molecule has 100 valence electrons. The molecule has 0 fully saturated rings. The molecule has 1 aromatic carbocycles. The van der Waals surface area contributed by atoms with Gasteiger partial charge in [0, 0.05) is 5.56 Å². The number of nitrogens with one attached hydrogen (secondary N) is 1. The second kappa shape index (κ2) is 4.93. The number of rotatable bonds is 2. The third-order valence-corrected chi connectivity index (χ3v) is 3.52. The van der Waals surface area contributed by atoms with Crippen LogP contribution < -0.4 is 5.56 Å². The Labute approximate surface area is 117 Å². The lowest BCUT2D eigenvalue weighted by atomic mass is 10.2. The highest BCUT2D eigenvalue weighted by Gasteiger charge is 2.19. The van der Waals surface area contributed by atoms with E-state index < -0.39 is 0 Å². The number of fused-ring (bicyclic) bond motifs is 1. The SMILES string of the molecule is CSc1nn(C(=O)c2ccccc2)c2nc[nH]c(=O)c12. The topological polar surface area (TPSA) is 80.6 Å². The molecule has 0 saturated heterocycles. The lowest BCUT2D eigenvalue weighted by Crippen LogP contribution is -2.15. The largest absolute Gasteiger partial charge is 0.312 e. The normalized spacial score (nSPS) is 10.8. The summed E-state index contributed by atoms with van der Waals surface area (Å²) >= 11 is 1.30. The number of thioether (sulfide) groups is 1. The molecule has 0 radical (unpaired) electrons. The standard InChI is InChI=1S/C13H10N4O2S/c1-20-12-9-10(14-7-15-11(9)18)17(16-12)13(19)8-5-3-2-4-6-8/h2-7H,1H3,(H,14,15,18). The van der Waals surface area contributed by atoms with Crippen molar-refractivity contribution in [2.45, 2.75) is 5.03 Å². The molecule has 0 saturated carbocycles. The van der Waals surface area contributed by atoms with Crippen LogP contribution in [0.25, 0.3) is 11.0 Å². The minimum atomic E-state index is -0.311. The summed E-state index contributed by atoms with van der Waals surface area (Å²) in [5.74, 6) is -0.311. The van der Waals surface area contributed by atoms with E-state index in [9.17, 15) is 9.59 Å². The van der Waals surface area contributed by atoms with Gasteiger partial charge >= 0.3 is 0 Å². The summed E-state index contributed by atoms with van der Waals surface area (Å²) in [5, 5.41) is 5.01.